The van der Waals surface area contributed by atoms with Crippen LogP contribution in [0.15, 0.2) is 24.3 Å². The van der Waals surface area contributed by atoms with Crippen molar-refractivity contribution in [1.29, 1.82) is 0 Å². The van der Waals surface area contributed by atoms with Crippen LogP contribution >= 0.6 is 0 Å². The van der Waals surface area contributed by atoms with Crippen LogP contribution in [0.1, 0.15) is 29.8 Å². The van der Waals surface area contributed by atoms with Crippen LogP contribution in [0.4, 0.5) is 0 Å². The van der Waals surface area contributed by atoms with E-state index in [2.05, 4.69) is 0 Å². The van der Waals surface area contributed by atoms with E-state index in [1.165, 1.54) is 0 Å². The monoisotopic (exact) mass is 192 g/mol. The van der Waals surface area contributed by atoms with Gasteiger partial charge in [-0.3, -0.25) is 4.79 Å². The number of rotatable bonds is 4. The van der Waals surface area contributed by atoms with Crippen LogP contribution in [0.2, 0.25) is 0 Å². The second kappa shape index (κ2) is 4.38. The van der Waals surface area contributed by atoms with Gasteiger partial charge in [0.25, 0.3) is 0 Å². The Morgan fingerprint density at radius 1 is 1.36 bits per heavy atom. The largest absolute Gasteiger partial charge is 0.378 e. The Morgan fingerprint density at radius 3 is 2.57 bits per heavy atom. The fourth-order valence-electron chi connectivity index (χ4n) is 1.34. The van der Waals surface area contributed by atoms with Gasteiger partial charge >= 0.3 is 0 Å². The molecule has 0 aromatic heterocycles. The molecule has 1 rings (SSSR count). The van der Waals surface area contributed by atoms with E-state index in [4.69, 9.17) is 4.74 Å². The predicted octanol–water partition coefficient (Wildman–Crippen LogP) is 2.47. The van der Waals surface area contributed by atoms with Crippen LogP contribution in [0, 0.1) is 0 Å². The highest BCUT2D eigenvalue weighted by Gasteiger charge is 2.18. The van der Waals surface area contributed by atoms with Crippen molar-refractivity contribution in [2.45, 2.75) is 25.9 Å². The Bertz CT molecular complexity index is 316. The second-order valence-electron chi connectivity index (χ2n) is 3.96. The first-order valence-corrected chi connectivity index (χ1v) is 4.67. The highest BCUT2D eigenvalue weighted by Crippen LogP contribution is 2.18. The standard InChI is InChI=1S/C12H16O2/c1-12(2,14-3)8-10-6-4-5-7-11(10)9-13/h4-7,9H,8H2,1-3H3. The van der Waals surface area contributed by atoms with Gasteiger partial charge in [0, 0.05) is 19.1 Å². The van der Waals surface area contributed by atoms with Crippen molar-refractivity contribution in [3.05, 3.63) is 35.4 Å². The van der Waals surface area contributed by atoms with Crippen molar-refractivity contribution >= 4 is 6.29 Å². The molecule has 0 heterocycles. The Labute approximate surface area is 84.9 Å². The van der Waals surface area contributed by atoms with E-state index in [-0.39, 0.29) is 5.60 Å². The summed E-state index contributed by atoms with van der Waals surface area (Å²) in [4.78, 5) is 10.8. The first-order valence-electron chi connectivity index (χ1n) is 4.67. The molecule has 0 aliphatic heterocycles. The van der Waals surface area contributed by atoms with E-state index in [0.29, 0.717) is 0 Å². The van der Waals surface area contributed by atoms with E-state index in [1.807, 2.05) is 38.1 Å². The van der Waals surface area contributed by atoms with Crippen molar-refractivity contribution < 1.29 is 9.53 Å². The van der Waals surface area contributed by atoms with Crippen LogP contribution in [-0.2, 0) is 11.2 Å². The molecule has 0 unspecified atom stereocenters. The van der Waals surface area contributed by atoms with E-state index >= 15 is 0 Å². The normalized spacial score (nSPS) is 11.4. The summed E-state index contributed by atoms with van der Waals surface area (Å²) < 4.78 is 5.33. The average molecular weight is 192 g/mol. The Hall–Kier alpha value is -1.15. The Kier molecular flexibility index (Phi) is 3.42. The zero-order valence-corrected chi connectivity index (χ0v) is 8.91. The van der Waals surface area contributed by atoms with Crippen LogP contribution in [0.25, 0.3) is 0 Å². The van der Waals surface area contributed by atoms with Gasteiger partial charge in [0.2, 0.25) is 0 Å². The van der Waals surface area contributed by atoms with Gasteiger partial charge in [0.15, 0.2) is 0 Å². The van der Waals surface area contributed by atoms with Gasteiger partial charge in [-0.2, -0.15) is 0 Å². The molecule has 0 aliphatic rings. The lowest BCUT2D eigenvalue weighted by atomic mass is 9.95. The first kappa shape index (κ1) is 10.9. The number of ether oxygens (including phenoxy) is 1. The lowest BCUT2D eigenvalue weighted by molar-refractivity contribution is 0.0231. The summed E-state index contributed by atoms with van der Waals surface area (Å²) in [6.45, 7) is 4.02. The summed E-state index contributed by atoms with van der Waals surface area (Å²) in [5.41, 5.74) is 1.56. The summed E-state index contributed by atoms with van der Waals surface area (Å²) in [6, 6.07) is 7.60. The molecule has 0 aliphatic carbocycles. The van der Waals surface area contributed by atoms with Crippen LogP contribution < -0.4 is 0 Å². The minimum Gasteiger partial charge on any atom is -0.378 e. The lowest BCUT2D eigenvalue weighted by Crippen LogP contribution is -2.26. The summed E-state index contributed by atoms with van der Waals surface area (Å²) in [5, 5.41) is 0. The lowest BCUT2D eigenvalue weighted by Gasteiger charge is -2.23. The molecule has 2 nitrogen and oxygen atoms in total. The van der Waals surface area contributed by atoms with Crippen molar-refractivity contribution in [3.63, 3.8) is 0 Å². The molecule has 14 heavy (non-hydrogen) atoms. The number of benzene rings is 1. The molecule has 0 fully saturated rings. The molecule has 0 radical (unpaired) electrons. The number of methoxy groups -OCH3 is 1. The topological polar surface area (TPSA) is 26.3 Å². The zero-order chi connectivity index (χ0) is 10.6. The quantitative estimate of drug-likeness (QED) is 0.685. The fraction of sp³-hybridized carbons (Fsp3) is 0.417. The molecule has 1 aromatic rings. The van der Waals surface area contributed by atoms with Crippen LogP contribution in [0.5, 0.6) is 0 Å². The molecule has 1 aromatic carbocycles. The molecule has 0 atom stereocenters. The van der Waals surface area contributed by atoms with E-state index in [1.54, 1.807) is 7.11 Å². The smallest absolute Gasteiger partial charge is 0.150 e. The van der Waals surface area contributed by atoms with E-state index in [9.17, 15) is 4.79 Å². The van der Waals surface area contributed by atoms with Crippen molar-refractivity contribution in [3.8, 4) is 0 Å². The van der Waals surface area contributed by atoms with Gasteiger partial charge < -0.3 is 4.74 Å². The van der Waals surface area contributed by atoms with E-state index < -0.39 is 0 Å². The van der Waals surface area contributed by atoms with E-state index in [0.717, 1.165) is 23.8 Å². The number of carbonyl (C=O) groups is 1. The molecule has 0 spiro atoms. The molecule has 2 heteroatoms. The van der Waals surface area contributed by atoms with Gasteiger partial charge in [0.1, 0.15) is 6.29 Å². The molecule has 0 saturated heterocycles. The Morgan fingerprint density at radius 2 is 2.00 bits per heavy atom. The molecule has 76 valence electrons. The average Bonchev–Trinajstić information content (AvgIpc) is 2.18. The second-order valence-corrected chi connectivity index (χ2v) is 3.96. The van der Waals surface area contributed by atoms with Crippen molar-refractivity contribution in [1.82, 2.24) is 0 Å². The number of aldehydes is 1. The summed E-state index contributed by atoms with van der Waals surface area (Å²) in [7, 11) is 1.68. The summed E-state index contributed by atoms with van der Waals surface area (Å²) >= 11 is 0. The molecule has 0 bridgehead atoms. The fourth-order valence-corrected chi connectivity index (χ4v) is 1.34. The van der Waals surface area contributed by atoms with Gasteiger partial charge in [-0.25, -0.2) is 0 Å². The predicted molar refractivity (Wildman–Crippen MR) is 56.6 cm³/mol. The van der Waals surface area contributed by atoms with Crippen molar-refractivity contribution in [2.75, 3.05) is 7.11 Å². The maximum absolute atomic E-state index is 10.8. The van der Waals surface area contributed by atoms with Gasteiger partial charge in [-0.05, 0) is 19.4 Å². The third-order valence-corrected chi connectivity index (χ3v) is 2.35. The molecule has 0 saturated carbocycles. The molecule has 0 amide bonds. The minimum absolute atomic E-state index is 0.223. The summed E-state index contributed by atoms with van der Waals surface area (Å²) in [6.07, 6.45) is 1.64. The third kappa shape index (κ3) is 2.67. The third-order valence-electron chi connectivity index (χ3n) is 2.35. The zero-order valence-electron chi connectivity index (χ0n) is 8.91. The summed E-state index contributed by atoms with van der Waals surface area (Å²) in [5.74, 6) is 0. The molecular weight excluding hydrogens is 176 g/mol. The van der Waals surface area contributed by atoms with Gasteiger partial charge in [0.05, 0.1) is 5.60 Å². The van der Waals surface area contributed by atoms with Gasteiger partial charge in [-0.1, -0.05) is 24.3 Å². The maximum atomic E-state index is 10.8. The first-order chi connectivity index (χ1) is 6.59. The molecular formula is C12H16O2. The van der Waals surface area contributed by atoms with Crippen LogP contribution in [0.3, 0.4) is 0 Å². The number of hydrogen-bond donors (Lipinski definition) is 0. The maximum Gasteiger partial charge on any atom is 0.150 e. The van der Waals surface area contributed by atoms with Crippen molar-refractivity contribution in [2.24, 2.45) is 0 Å². The SMILES string of the molecule is COC(C)(C)Cc1ccccc1C=O. The minimum atomic E-state index is -0.223. The number of hydrogen-bond acceptors (Lipinski definition) is 2. The van der Waals surface area contributed by atoms with Gasteiger partial charge in [-0.15, -0.1) is 0 Å². The number of carbonyl (C=O) groups excluding carboxylic acids is 1. The molecule has 0 N–H and O–H groups in total. The Balaban J connectivity index is 2.91. The highest BCUT2D eigenvalue weighted by molar-refractivity contribution is 5.77. The van der Waals surface area contributed by atoms with Crippen LogP contribution in [-0.4, -0.2) is 19.0 Å². The highest BCUT2D eigenvalue weighted by atomic mass is 16.5.